The van der Waals surface area contributed by atoms with E-state index in [0.717, 1.165) is 50.8 Å². The summed E-state index contributed by atoms with van der Waals surface area (Å²) in [6.07, 6.45) is 3.76. The zero-order chi connectivity index (χ0) is 20.4. The van der Waals surface area contributed by atoms with Gasteiger partial charge in [0.05, 0.1) is 5.41 Å². The molecule has 0 bridgehead atoms. The van der Waals surface area contributed by atoms with Crippen LogP contribution in [0.4, 0.5) is 4.39 Å². The van der Waals surface area contributed by atoms with Gasteiger partial charge in [0, 0.05) is 24.0 Å². The minimum Gasteiger partial charge on any atom is -0.355 e. The molecule has 2 fully saturated rings. The Labute approximate surface area is 174 Å². The molecule has 156 valence electrons. The van der Waals surface area contributed by atoms with E-state index in [2.05, 4.69) is 31.0 Å². The molecule has 0 spiro atoms. The lowest BCUT2D eigenvalue weighted by Gasteiger charge is -2.41. The minimum atomic E-state index is -0.873. The van der Waals surface area contributed by atoms with Crippen LogP contribution >= 0.6 is 11.6 Å². The van der Waals surface area contributed by atoms with Crippen LogP contribution in [-0.2, 0) is 10.2 Å². The number of hydrogen-bond acceptors (Lipinski definition) is 2. The maximum atomic E-state index is 14.7. The van der Waals surface area contributed by atoms with Crippen molar-refractivity contribution in [3.8, 4) is 0 Å². The monoisotopic (exact) mass is 408 g/mol. The van der Waals surface area contributed by atoms with Gasteiger partial charge in [-0.25, -0.2) is 4.39 Å². The summed E-state index contributed by atoms with van der Waals surface area (Å²) in [6, 6.07) is 7.59. The number of amides is 1. The van der Waals surface area contributed by atoms with Crippen LogP contribution < -0.4 is 5.32 Å². The fourth-order valence-electron chi connectivity index (χ4n) is 4.28. The zero-order valence-electron chi connectivity index (χ0n) is 17.4. The molecule has 1 N–H and O–H groups in total. The fraction of sp³-hybridized carbons (Fsp3) is 0.696. The van der Waals surface area contributed by atoms with E-state index in [1.807, 2.05) is 24.3 Å². The Morgan fingerprint density at radius 2 is 1.96 bits per heavy atom. The Bertz CT molecular complexity index is 666. The average molecular weight is 409 g/mol. The summed E-state index contributed by atoms with van der Waals surface area (Å²) in [5, 5.41) is 3.76. The standard InChI is InChI=1S/C23H34ClFN2O/c1-22(2,3)12-14-27-13-9-17(20(25)16-27)15-26-21(28)23(10-4-11-23)18-5-7-19(24)8-6-18/h5-8,17,20H,4,9-16H2,1-3H3,(H,26,28). The first-order chi connectivity index (χ1) is 13.2. The van der Waals surface area contributed by atoms with Crippen molar-refractivity contribution in [2.75, 3.05) is 26.2 Å². The third-order valence-corrected chi connectivity index (χ3v) is 6.75. The van der Waals surface area contributed by atoms with E-state index in [1.165, 1.54) is 0 Å². The lowest BCUT2D eigenvalue weighted by molar-refractivity contribution is -0.130. The molecule has 1 aliphatic heterocycles. The number of benzene rings is 1. The number of alkyl halides is 1. The van der Waals surface area contributed by atoms with Crippen molar-refractivity contribution in [2.45, 2.75) is 64.5 Å². The molecule has 1 amide bonds. The molecule has 1 aliphatic carbocycles. The highest BCUT2D eigenvalue weighted by Crippen LogP contribution is 2.44. The molecule has 5 heteroatoms. The minimum absolute atomic E-state index is 0.0448. The van der Waals surface area contributed by atoms with Crippen molar-refractivity contribution in [3.63, 3.8) is 0 Å². The summed E-state index contributed by atoms with van der Waals surface area (Å²) in [6.45, 7) is 9.45. The Morgan fingerprint density at radius 3 is 2.50 bits per heavy atom. The number of nitrogens with one attached hydrogen (secondary N) is 1. The van der Waals surface area contributed by atoms with Gasteiger partial charge in [-0.05, 0) is 61.9 Å². The molecule has 1 saturated carbocycles. The van der Waals surface area contributed by atoms with Crippen molar-refractivity contribution >= 4 is 17.5 Å². The number of rotatable bonds is 6. The van der Waals surface area contributed by atoms with Gasteiger partial charge in [0.25, 0.3) is 0 Å². The maximum Gasteiger partial charge on any atom is 0.230 e. The number of piperidine rings is 1. The van der Waals surface area contributed by atoms with E-state index in [-0.39, 0.29) is 17.2 Å². The normalized spacial score (nSPS) is 25.2. The zero-order valence-corrected chi connectivity index (χ0v) is 18.2. The first kappa shape index (κ1) is 21.6. The second kappa shape index (κ2) is 8.71. The SMILES string of the molecule is CC(C)(C)CCN1CCC(CNC(=O)C2(c3ccc(Cl)cc3)CCC2)C(F)C1. The molecular weight excluding hydrogens is 375 g/mol. The van der Waals surface area contributed by atoms with Crippen molar-refractivity contribution in [2.24, 2.45) is 11.3 Å². The molecule has 2 atom stereocenters. The van der Waals surface area contributed by atoms with E-state index >= 15 is 0 Å². The Kier molecular flexibility index (Phi) is 6.71. The maximum absolute atomic E-state index is 14.7. The van der Waals surface area contributed by atoms with Crippen molar-refractivity contribution in [3.05, 3.63) is 34.9 Å². The van der Waals surface area contributed by atoms with Gasteiger partial charge in [0.1, 0.15) is 6.17 Å². The number of hydrogen-bond donors (Lipinski definition) is 1. The number of carbonyl (C=O) groups is 1. The van der Waals surface area contributed by atoms with Crippen molar-refractivity contribution in [1.29, 1.82) is 0 Å². The molecule has 28 heavy (non-hydrogen) atoms. The summed E-state index contributed by atoms with van der Waals surface area (Å²) >= 11 is 5.99. The Hall–Kier alpha value is -1.13. The topological polar surface area (TPSA) is 32.3 Å². The second-order valence-corrected chi connectivity index (χ2v) is 10.3. The molecule has 3 rings (SSSR count). The lowest BCUT2D eigenvalue weighted by atomic mass is 9.63. The summed E-state index contributed by atoms with van der Waals surface area (Å²) in [5.74, 6) is -0.0411. The van der Waals surface area contributed by atoms with Gasteiger partial charge in [0.15, 0.2) is 0 Å². The number of carbonyl (C=O) groups excluding carboxylic acids is 1. The van der Waals surface area contributed by atoms with Gasteiger partial charge in [0.2, 0.25) is 5.91 Å². The molecular formula is C23H34ClFN2O. The van der Waals surface area contributed by atoms with Gasteiger partial charge < -0.3 is 10.2 Å². The fourth-order valence-corrected chi connectivity index (χ4v) is 4.41. The van der Waals surface area contributed by atoms with E-state index < -0.39 is 11.6 Å². The highest BCUT2D eigenvalue weighted by molar-refractivity contribution is 6.30. The second-order valence-electron chi connectivity index (χ2n) is 9.83. The highest BCUT2D eigenvalue weighted by Gasteiger charge is 2.45. The molecule has 2 aliphatic rings. The number of nitrogens with zero attached hydrogens (tertiary/aromatic N) is 1. The van der Waals surface area contributed by atoms with Crippen molar-refractivity contribution in [1.82, 2.24) is 10.2 Å². The molecule has 3 nitrogen and oxygen atoms in total. The summed E-state index contributed by atoms with van der Waals surface area (Å²) in [4.78, 5) is 15.2. The van der Waals surface area contributed by atoms with Crippen LogP contribution in [0.5, 0.6) is 0 Å². The summed E-state index contributed by atoms with van der Waals surface area (Å²) in [5.41, 5.74) is 0.841. The predicted molar refractivity (Wildman–Crippen MR) is 114 cm³/mol. The first-order valence-corrected chi connectivity index (χ1v) is 11.0. The molecule has 1 heterocycles. The van der Waals surface area contributed by atoms with Gasteiger partial charge in [-0.3, -0.25) is 4.79 Å². The molecule has 0 radical (unpaired) electrons. The summed E-state index contributed by atoms with van der Waals surface area (Å²) in [7, 11) is 0. The van der Waals surface area contributed by atoms with Crippen LogP contribution in [0.25, 0.3) is 0 Å². The largest absolute Gasteiger partial charge is 0.355 e. The molecule has 2 unspecified atom stereocenters. The van der Waals surface area contributed by atoms with Crippen molar-refractivity contribution < 1.29 is 9.18 Å². The number of likely N-dealkylation sites (tertiary alicyclic amines) is 1. The molecule has 1 aromatic carbocycles. The first-order valence-electron chi connectivity index (χ1n) is 10.6. The predicted octanol–water partition coefficient (Wildman–Crippen LogP) is 4.97. The van der Waals surface area contributed by atoms with E-state index in [4.69, 9.17) is 11.6 Å². The van der Waals surface area contributed by atoms with Gasteiger partial charge in [-0.1, -0.05) is 50.9 Å². The average Bonchev–Trinajstić information content (AvgIpc) is 2.59. The quantitative estimate of drug-likeness (QED) is 0.720. The van der Waals surface area contributed by atoms with Crippen LogP contribution in [0.2, 0.25) is 5.02 Å². The van der Waals surface area contributed by atoms with Gasteiger partial charge in [-0.2, -0.15) is 0 Å². The van der Waals surface area contributed by atoms with E-state index in [1.54, 1.807) is 0 Å². The molecule has 1 saturated heterocycles. The Balaban J connectivity index is 1.51. The Morgan fingerprint density at radius 1 is 1.29 bits per heavy atom. The lowest BCUT2D eigenvalue weighted by Crippen LogP contribution is -2.52. The van der Waals surface area contributed by atoms with Crippen LogP contribution in [0.3, 0.4) is 0 Å². The van der Waals surface area contributed by atoms with Crippen LogP contribution in [0, 0.1) is 11.3 Å². The number of halogens is 2. The van der Waals surface area contributed by atoms with Crippen LogP contribution in [-0.4, -0.2) is 43.2 Å². The van der Waals surface area contributed by atoms with Gasteiger partial charge >= 0.3 is 0 Å². The highest BCUT2D eigenvalue weighted by atomic mass is 35.5. The van der Waals surface area contributed by atoms with Crippen LogP contribution in [0.1, 0.15) is 58.4 Å². The third kappa shape index (κ3) is 5.07. The molecule has 1 aromatic rings. The third-order valence-electron chi connectivity index (χ3n) is 6.50. The molecule has 0 aromatic heterocycles. The van der Waals surface area contributed by atoms with E-state index in [0.29, 0.717) is 18.1 Å². The van der Waals surface area contributed by atoms with E-state index in [9.17, 15) is 9.18 Å². The smallest absolute Gasteiger partial charge is 0.230 e. The summed E-state index contributed by atoms with van der Waals surface area (Å²) < 4.78 is 14.7. The van der Waals surface area contributed by atoms with Crippen LogP contribution in [0.15, 0.2) is 24.3 Å². The van der Waals surface area contributed by atoms with Gasteiger partial charge in [-0.15, -0.1) is 0 Å².